The highest BCUT2D eigenvalue weighted by Gasteiger charge is 2.59. The number of allylic oxidation sites excluding steroid dienone is 2. The Bertz CT molecular complexity index is 1210. The van der Waals surface area contributed by atoms with Crippen LogP contribution in [0.5, 0.6) is 17.2 Å². The summed E-state index contributed by atoms with van der Waals surface area (Å²) in [6.07, 6.45) is 12.6. The van der Waals surface area contributed by atoms with Gasteiger partial charge in [-0.15, -0.1) is 0 Å². The van der Waals surface area contributed by atoms with Crippen molar-refractivity contribution >= 4 is 5.78 Å². The molecular weight excluding hydrogens is 490 g/mol. The molecule has 1 N–H and O–H groups in total. The molecule has 1 aromatic carbocycles. The lowest BCUT2D eigenvalue weighted by Gasteiger charge is -2.60. The van der Waals surface area contributed by atoms with Crippen LogP contribution in [-0.2, 0) is 11.2 Å². The third-order valence-electron chi connectivity index (χ3n) is 12.4. The first-order chi connectivity index (χ1) is 18.7. The molecule has 6 heteroatoms. The number of rotatable bonds is 4. The number of benzene rings is 1. The molecule has 6 nitrogen and oxygen atoms in total. The summed E-state index contributed by atoms with van der Waals surface area (Å²) in [5, 5.41) is 10.4. The molecule has 8 atom stereocenters. The van der Waals surface area contributed by atoms with E-state index in [1.54, 1.807) is 7.11 Å². The van der Waals surface area contributed by atoms with Gasteiger partial charge in [0.15, 0.2) is 17.3 Å². The predicted molar refractivity (Wildman–Crippen MR) is 149 cm³/mol. The summed E-state index contributed by atoms with van der Waals surface area (Å²) in [6, 6.07) is 2.06. The van der Waals surface area contributed by atoms with Gasteiger partial charge in [0.05, 0.1) is 13.2 Å². The lowest BCUT2D eigenvalue weighted by molar-refractivity contribution is -0.126. The van der Waals surface area contributed by atoms with E-state index in [2.05, 4.69) is 37.9 Å². The fourth-order valence-corrected chi connectivity index (χ4v) is 10.3. The number of hydrogen-bond donors (Lipinski definition) is 1. The Balaban J connectivity index is 1.14. The van der Waals surface area contributed by atoms with Gasteiger partial charge in [0.1, 0.15) is 0 Å². The third-order valence-corrected chi connectivity index (χ3v) is 12.4. The largest absolute Gasteiger partial charge is 0.492 e. The molecule has 0 unspecified atom stereocenters. The second-order valence-electron chi connectivity index (χ2n) is 14.0. The Hall–Kier alpha value is -2.05. The summed E-state index contributed by atoms with van der Waals surface area (Å²) in [7, 11) is 3.82. The normalized spacial score (nSPS) is 40.7. The maximum atomic E-state index is 14.2. The molecule has 0 radical (unpaired) electrons. The molecule has 212 valence electrons. The number of likely N-dealkylation sites (N-methyl/N-ethyl adjacent to an activating group) is 1. The Morgan fingerprint density at radius 3 is 2.82 bits per heavy atom. The lowest BCUT2D eigenvalue weighted by atomic mass is 9.44. The molecule has 4 aliphatic carbocycles. The number of nitrogens with zero attached hydrogens (tertiary/aromatic N) is 1. The smallest absolute Gasteiger partial charge is 0.231 e. The summed E-state index contributed by atoms with van der Waals surface area (Å²) < 4.78 is 17.4. The molecule has 7 rings (SSSR count). The average molecular weight is 536 g/mol. The van der Waals surface area contributed by atoms with E-state index < -0.39 is 0 Å². The van der Waals surface area contributed by atoms with E-state index in [0.29, 0.717) is 41.1 Å². The molecule has 2 aliphatic heterocycles. The van der Waals surface area contributed by atoms with E-state index in [9.17, 15) is 9.90 Å². The van der Waals surface area contributed by atoms with Gasteiger partial charge in [-0.05, 0) is 117 Å². The van der Waals surface area contributed by atoms with Crippen LogP contribution in [0.3, 0.4) is 0 Å². The van der Waals surface area contributed by atoms with E-state index in [1.807, 2.05) is 0 Å². The summed E-state index contributed by atoms with van der Waals surface area (Å²) >= 11 is 0. The molecule has 0 bridgehead atoms. The number of fused-ring (bicyclic) bond motifs is 7. The standard InChI is InChI=1S/C33H45NO5/c1-32-12-9-21(35)16-20(32)5-6-22-23-7-8-25(33(23,2)13-10-24(22)32)27(36)17-26-29-19(11-14-34(26)3)15-28-30(31(29)37-4)39-18-38-28/h8,15,20-24,26,35H,5-7,9-14,16-18H2,1-4H3/t20-,21-,22-,23-,24-,26-,32-,33-/m0/s1. The highest BCUT2D eigenvalue weighted by Crippen LogP contribution is 2.66. The minimum absolute atomic E-state index is 0.0231. The molecule has 0 spiro atoms. The minimum atomic E-state index is -0.104. The van der Waals surface area contributed by atoms with Crippen molar-refractivity contribution in [3.05, 3.63) is 28.8 Å². The predicted octanol–water partition coefficient (Wildman–Crippen LogP) is 5.85. The SMILES string of the molecule is COc1c2c(cc3c1[C@H](CC(=O)C1=CC[C@H]4[C@@H]5CC[C@H]6C[C@@H](O)CC[C@]6(C)[C@H]5CC[C@]14C)N(C)CC3)OCO2. The molecule has 0 aromatic heterocycles. The van der Waals surface area contributed by atoms with Crippen LogP contribution in [0.4, 0.5) is 0 Å². The number of hydrogen-bond acceptors (Lipinski definition) is 6. The third kappa shape index (κ3) is 3.76. The van der Waals surface area contributed by atoms with Crippen molar-refractivity contribution < 1.29 is 24.1 Å². The highest BCUT2D eigenvalue weighted by atomic mass is 16.7. The second-order valence-corrected chi connectivity index (χ2v) is 14.0. The Kier molecular flexibility index (Phi) is 6.13. The van der Waals surface area contributed by atoms with Gasteiger partial charge in [-0.1, -0.05) is 19.9 Å². The second kappa shape index (κ2) is 9.24. The van der Waals surface area contributed by atoms with Crippen LogP contribution < -0.4 is 14.2 Å². The van der Waals surface area contributed by atoms with Crippen molar-refractivity contribution in [2.45, 2.75) is 90.2 Å². The van der Waals surface area contributed by atoms with Gasteiger partial charge in [-0.2, -0.15) is 0 Å². The van der Waals surface area contributed by atoms with Crippen LogP contribution in [-0.4, -0.2) is 49.4 Å². The van der Waals surface area contributed by atoms with Crippen molar-refractivity contribution in [3.63, 3.8) is 0 Å². The van der Waals surface area contributed by atoms with E-state index in [1.165, 1.54) is 24.8 Å². The van der Waals surface area contributed by atoms with E-state index >= 15 is 0 Å². The van der Waals surface area contributed by atoms with Gasteiger partial charge in [0.2, 0.25) is 12.5 Å². The summed E-state index contributed by atoms with van der Waals surface area (Å²) in [5.41, 5.74) is 3.73. The van der Waals surface area contributed by atoms with Gasteiger partial charge < -0.3 is 19.3 Å². The number of ketones is 1. The summed E-state index contributed by atoms with van der Waals surface area (Å²) in [6.45, 7) is 6.06. The zero-order chi connectivity index (χ0) is 27.1. The maximum Gasteiger partial charge on any atom is 0.231 e. The average Bonchev–Trinajstić information content (AvgIpc) is 3.53. The number of aliphatic hydroxyl groups excluding tert-OH is 1. The van der Waals surface area contributed by atoms with Gasteiger partial charge in [0, 0.05) is 24.6 Å². The van der Waals surface area contributed by atoms with Crippen molar-refractivity contribution in [2.24, 2.45) is 34.5 Å². The quantitative estimate of drug-likeness (QED) is 0.522. The van der Waals surface area contributed by atoms with Gasteiger partial charge >= 0.3 is 0 Å². The molecule has 1 aromatic rings. The molecule has 2 heterocycles. The fraction of sp³-hybridized carbons (Fsp3) is 0.727. The Labute approximate surface area is 233 Å². The van der Waals surface area contributed by atoms with Gasteiger partial charge in [-0.25, -0.2) is 0 Å². The van der Waals surface area contributed by atoms with Crippen molar-refractivity contribution in [3.8, 4) is 17.2 Å². The Morgan fingerprint density at radius 1 is 1.15 bits per heavy atom. The van der Waals surface area contributed by atoms with Crippen LogP contribution in [0.1, 0.15) is 88.8 Å². The first-order valence-corrected chi connectivity index (χ1v) is 15.4. The molecule has 6 aliphatic rings. The summed E-state index contributed by atoms with van der Waals surface area (Å²) in [5.74, 6) is 5.12. The summed E-state index contributed by atoms with van der Waals surface area (Å²) in [4.78, 5) is 16.5. The first kappa shape index (κ1) is 25.9. The Morgan fingerprint density at radius 2 is 2.00 bits per heavy atom. The number of Topliss-reactive ketones (excluding diaryl/α,β-unsaturated/α-hetero) is 1. The number of ether oxygens (including phenoxy) is 3. The topological polar surface area (TPSA) is 68.2 Å². The van der Waals surface area contributed by atoms with Crippen LogP contribution in [0.25, 0.3) is 0 Å². The minimum Gasteiger partial charge on any atom is -0.492 e. The van der Waals surface area contributed by atoms with Crippen LogP contribution in [0.15, 0.2) is 17.7 Å². The number of carbonyl (C=O) groups is 1. The van der Waals surface area contributed by atoms with Gasteiger partial charge in [-0.3, -0.25) is 9.69 Å². The molecular formula is C33H45NO5. The molecule has 39 heavy (non-hydrogen) atoms. The zero-order valence-corrected chi connectivity index (χ0v) is 24.1. The molecule has 3 saturated carbocycles. The van der Waals surface area contributed by atoms with Crippen molar-refractivity contribution in [1.82, 2.24) is 4.90 Å². The molecule has 0 saturated heterocycles. The molecule has 0 amide bonds. The lowest BCUT2D eigenvalue weighted by Crippen LogP contribution is -2.53. The van der Waals surface area contributed by atoms with Crippen LogP contribution in [0.2, 0.25) is 0 Å². The van der Waals surface area contributed by atoms with E-state index in [-0.39, 0.29) is 24.4 Å². The fourth-order valence-electron chi connectivity index (χ4n) is 10.3. The van der Waals surface area contributed by atoms with E-state index in [0.717, 1.165) is 73.6 Å². The monoisotopic (exact) mass is 535 g/mol. The van der Waals surface area contributed by atoms with Gasteiger partial charge in [0.25, 0.3) is 0 Å². The zero-order valence-electron chi connectivity index (χ0n) is 24.1. The molecule has 3 fully saturated rings. The maximum absolute atomic E-state index is 14.2. The first-order valence-electron chi connectivity index (χ1n) is 15.4. The highest BCUT2D eigenvalue weighted by molar-refractivity contribution is 5.97. The van der Waals surface area contributed by atoms with E-state index in [4.69, 9.17) is 14.2 Å². The number of aliphatic hydroxyl groups is 1. The van der Waals surface area contributed by atoms with Crippen LogP contribution >= 0.6 is 0 Å². The van der Waals surface area contributed by atoms with Crippen LogP contribution in [0, 0.1) is 34.5 Å². The van der Waals surface area contributed by atoms with Crippen molar-refractivity contribution in [1.29, 1.82) is 0 Å². The number of methoxy groups -OCH3 is 1. The van der Waals surface area contributed by atoms with Crippen molar-refractivity contribution in [2.75, 3.05) is 27.5 Å². The number of carbonyl (C=O) groups excluding carboxylic acids is 1.